The standard InChI is InChI=1S/C11H8O3.Fe/c12-10-6-8-4-2-1-3-7(8)5-9(10)11(13)14;/h1-6,12H,(H,13,14);. The fourth-order valence-corrected chi connectivity index (χ4v) is 1.40. The van der Waals surface area contributed by atoms with Crippen molar-refractivity contribution in [2.75, 3.05) is 0 Å². The Morgan fingerprint density at radius 2 is 1.60 bits per heavy atom. The molecular formula is C11H8FeO3. The minimum atomic E-state index is -1.12. The molecule has 2 aromatic carbocycles. The summed E-state index contributed by atoms with van der Waals surface area (Å²) in [4.78, 5) is 10.7. The Bertz CT molecular complexity index is 508. The van der Waals surface area contributed by atoms with Crippen LogP contribution in [-0.2, 0) is 17.1 Å². The third-order valence-electron chi connectivity index (χ3n) is 2.09. The van der Waals surface area contributed by atoms with Gasteiger partial charge in [0.05, 0.1) is 0 Å². The molecule has 4 heteroatoms. The zero-order chi connectivity index (χ0) is 10.1. The van der Waals surface area contributed by atoms with Crippen molar-refractivity contribution in [1.82, 2.24) is 0 Å². The minimum Gasteiger partial charge on any atom is -0.507 e. The molecule has 2 rings (SSSR count). The quantitative estimate of drug-likeness (QED) is 0.756. The summed E-state index contributed by atoms with van der Waals surface area (Å²) in [5, 5.41) is 19.8. The smallest absolute Gasteiger partial charge is 0.339 e. The molecule has 3 nitrogen and oxygen atoms in total. The van der Waals surface area contributed by atoms with E-state index in [2.05, 4.69) is 0 Å². The summed E-state index contributed by atoms with van der Waals surface area (Å²) < 4.78 is 0. The van der Waals surface area contributed by atoms with Gasteiger partial charge in [0.2, 0.25) is 0 Å². The van der Waals surface area contributed by atoms with E-state index < -0.39 is 5.97 Å². The SMILES string of the molecule is O=C(O)c1cc2ccccc2cc1O.[Fe]. The number of rotatable bonds is 1. The molecule has 0 saturated heterocycles. The average molecular weight is 244 g/mol. The molecule has 0 radical (unpaired) electrons. The normalized spacial score (nSPS) is 9.60. The summed E-state index contributed by atoms with van der Waals surface area (Å²) >= 11 is 0. The van der Waals surface area contributed by atoms with Crippen LogP contribution in [0.25, 0.3) is 10.8 Å². The number of hydrogen-bond donors (Lipinski definition) is 2. The predicted molar refractivity (Wildman–Crippen MR) is 52.6 cm³/mol. The van der Waals surface area contributed by atoms with Gasteiger partial charge in [-0.05, 0) is 22.9 Å². The molecule has 15 heavy (non-hydrogen) atoms. The predicted octanol–water partition coefficient (Wildman–Crippen LogP) is 2.24. The van der Waals surface area contributed by atoms with Gasteiger partial charge in [-0.3, -0.25) is 0 Å². The minimum absolute atomic E-state index is 0. The third-order valence-corrected chi connectivity index (χ3v) is 2.09. The summed E-state index contributed by atoms with van der Waals surface area (Å²) in [5.74, 6) is -1.32. The fraction of sp³-hybridized carbons (Fsp3) is 0. The summed E-state index contributed by atoms with van der Waals surface area (Å²) in [6.07, 6.45) is 0. The van der Waals surface area contributed by atoms with Gasteiger partial charge in [0, 0.05) is 17.1 Å². The van der Waals surface area contributed by atoms with Crippen LogP contribution in [0.2, 0.25) is 0 Å². The van der Waals surface area contributed by atoms with E-state index >= 15 is 0 Å². The number of benzene rings is 2. The van der Waals surface area contributed by atoms with Gasteiger partial charge in [0.25, 0.3) is 0 Å². The molecule has 0 saturated carbocycles. The second kappa shape index (κ2) is 4.34. The topological polar surface area (TPSA) is 57.5 Å². The summed E-state index contributed by atoms with van der Waals surface area (Å²) in [6, 6.07) is 10.2. The first-order chi connectivity index (χ1) is 6.68. The Labute approximate surface area is 96.8 Å². The summed E-state index contributed by atoms with van der Waals surface area (Å²) in [6.45, 7) is 0. The van der Waals surface area contributed by atoms with Gasteiger partial charge in [-0.25, -0.2) is 4.79 Å². The molecule has 0 heterocycles. The Hall–Kier alpha value is -1.51. The molecule has 0 fully saturated rings. The van der Waals surface area contributed by atoms with Crippen LogP contribution in [0.15, 0.2) is 36.4 Å². The molecule has 0 amide bonds. The number of carboxylic acid groups (broad SMARTS) is 1. The molecule has 0 atom stereocenters. The molecule has 78 valence electrons. The first-order valence-electron chi connectivity index (χ1n) is 4.13. The Kier molecular flexibility index (Phi) is 3.35. The van der Waals surface area contributed by atoms with Gasteiger partial charge in [-0.1, -0.05) is 24.3 Å². The number of carbonyl (C=O) groups is 1. The average Bonchev–Trinajstić information content (AvgIpc) is 2.16. The number of aromatic hydroxyl groups is 1. The van der Waals surface area contributed by atoms with E-state index in [1.807, 2.05) is 18.2 Å². The number of fused-ring (bicyclic) bond motifs is 1. The van der Waals surface area contributed by atoms with Crippen molar-refractivity contribution in [3.63, 3.8) is 0 Å². The van der Waals surface area contributed by atoms with E-state index in [1.165, 1.54) is 12.1 Å². The zero-order valence-electron chi connectivity index (χ0n) is 7.62. The molecule has 0 aliphatic rings. The van der Waals surface area contributed by atoms with E-state index in [-0.39, 0.29) is 28.4 Å². The maximum atomic E-state index is 10.7. The van der Waals surface area contributed by atoms with Crippen LogP contribution in [0.3, 0.4) is 0 Å². The van der Waals surface area contributed by atoms with Gasteiger partial charge in [-0.2, -0.15) is 0 Å². The van der Waals surface area contributed by atoms with Crippen molar-refractivity contribution in [1.29, 1.82) is 0 Å². The van der Waals surface area contributed by atoms with E-state index in [0.29, 0.717) is 0 Å². The Morgan fingerprint density at radius 3 is 2.13 bits per heavy atom. The molecule has 0 unspecified atom stereocenters. The molecule has 2 aromatic rings. The molecule has 0 aliphatic heterocycles. The van der Waals surface area contributed by atoms with Gasteiger partial charge in [0.15, 0.2) is 0 Å². The maximum absolute atomic E-state index is 10.7. The van der Waals surface area contributed by atoms with Gasteiger partial charge in [0.1, 0.15) is 11.3 Å². The van der Waals surface area contributed by atoms with Crippen LogP contribution >= 0.6 is 0 Å². The summed E-state index contributed by atoms with van der Waals surface area (Å²) in [7, 11) is 0. The van der Waals surface area contributed by atoms with E-state index in [4.69, 9.17) is 5.11 Å². The van der Waals surface area contributed by atoms with Crippen molar-refractivity contribution in [3.05, 3.63) is 42.0 Å². The van der Waals surface area contributed by atoms with Crippen LogP contribution in [0.5, 0.6) is 5.75 Å². The van der Waals surface area contributed by atoms with Crippen molar-refractivity contribution in [3.8, 4) is 5.75 Å². The second-order valence-electron chi connectivity index (χ2n) is 3.02. The largest absolute Gasteiger partial charge is 0.507 e. The number of aromatic carboxylic acids is 1. The van der Waals surface area contributed by atoms with Crippen molar-refractivity contribution in [2.45, 2.75) is 0 Å². The number of phenols is 1. The van der Waals surface area contributed by atoms with Crippen LogP contribution in [0, 0.1) is 0 Å². The van der Waals surface area contributed by atoms with Crippen molar-refractivity contribution < 1.29 is 32.1 Å². The fourth-order valence-electron chi connectivity index (χ4n) is 1.40. The van der Waals surface area contributed by atoms with Crippen LogP contribution in [-0.4, -0.2) is 16.2 Å². The van der Waals surface area contributed by atoms with Crippen LogP contribution in [0.1, 0.15) is 10.4 Å². The molecule has 0 spiro atoms. The van der Waals surface area contributed by atoms with Gasteiger partial charge in [-0.15, -0.1) is 0 Å². The zero-order valence-corrected chi connectivity index (χ0v) is 8.72. The molecule has 0 aromatic heterocycles. The second-order valence-corrected chi connectivity index (χ2v) is 3.02. The van der Waals surface area contributed by atoms with Crippen LogP contribution < -0.4 is 0 Å². The van der Waals surface area contributed by atoms with E-state index in [1.54, 1.807) is 6.07 Å². The van der Waals surface area contributed by atoms with Gasteiger partial charge < -0.3 is 10.2 Å². The Balaban J connectivity index is 0.00000112. The van der Waals surface area contributed by atoms with E-state index in [0.717, 1.165) is 10.8 Å². The Morgan fingerprint density at radius 1 is 1.07 bits per heavy atom. The van der Waals surface area contributed by atoms with Crippen LogP contribution in [0.4, 0.5) is 0 Å². The first kappa shape index (κ1) is 11.6. The third kappa shape index (κ3) is 2.12. The molecule has 0 bridgehead atoms. The monoisotopic (exact) mass is 244 g/mol. The number of carboxylic acids is 1. The molecule has 0 aliphatic carbocycles. The van der Waals surface area contributed by atoms with Gasteiger partial charge >= 0.3 is 5.97 Å². The van der Waals surface area contributed by atoms with Crippen molar-refractivity contribution in [2.24, 2.45) is 0 Å². The molecule has 2 N–H and O–H groups in total. The number of hydrogen-bond acceptors (Lipinski definition) is 2. The maximum Gasteiger partial charge on any atom is 0.339 e. The summed E-state index contributed by atoms with van der Waals surface area (Å²) in [5.41, 5.74) is -0.0660. The molecular weight excluding hydrogens is 236 g/mol. The van der Waals surface area contributed by atoms with E-state index in [9.17, 15) is 9.90 Å². The van der Waals surface area contributed by atoms with Crippen molar-refractivity contribution >= 4 is 16.7 Å². The first-order valence-corrected chi connectivity index (χ1v) is 4.13.